The van der Waals surface area contributed by atoms with Crippen LogP contribution in [-0.4, -0.2) is 8.42 Å². The minimum Gasteiger partial charge on any atom is -0.398 e. The van der Waals surface area contributed by atoms with E-state index in [0.717, 1.165) is 23.3 Å². The van der Waals surface area contributed by atoms with E-state index in [-0.39, 0.29) is 16.3 Å². The molecule has 0 aromatic heterocycles. The third kappa shape index (κ3) is 3.17. The van der Waals surface area contributed by atoms with Crippen LogP contribution in [0.2, 0.25) is 0 Å². The zero-order valence-electron chi connectivity index (χ0n) is 11.4. The van der Waals surface area contributed by atoms with Crippen molar-refractivity contribution in [3.63, 3.8) is 0 Å². The van der Waals surface area contributed by atoms with Gasteiger partial charge in [0.2, 0.25) is 0 Å². The highest BCUT2D eigenvalue weighted by molar-refractivity contribution is 7.90. The van der Waals surface area contributed by atoms with E-state index in [0.29, 0.717) is 5.56 Å². The maximum absolute atomic E-state index is 13.0. The van der Waals surface area contributed by atoms with E-state index in [9.17, 15) is 12.8 Å². The lowest BCUT2D eigenvalue weighted by Crippen LogP contribution is -2.08. The van der Waals surface area contributed by atoms with Crippen LogP contribution in [0.4, 0.5) is 10.1 Å². The highest BCUT2D eigenvalue weighted by Gasteiger charge is 2.19. The van der Waals surface area contributed by atoms with Crippen molar-refractivity contribution in [3.05, 3.63) is 58.9 Å². The SMILES string of the molecule is Cc1cc(C)cc(CS(=O)(=O)c2ccc(F)cc2N)c1. The lowest BCUT2D eigenvalue weighted by atomic mass is 10.1. The number of nitrogens with two attached hydrogens (primary N) is 1. The van der Waals surface area contributed by atoms with Crippen molar-refractivity contribution in [2.75, 3.05) is 5.73 Å². The smallest absolute Gasteiger partial charge is 0.184 e. The van der Waals surface area contributed by atoms with Gasteiger partial charge >= 0.3 is 0 Å². The first-order valence-corrected chi connectivity index (χ1v) is 7.78. The lowest BCUT2D eigenvalue weighted by Gasteiger charge is -2.09. The summed E-state index contributed by atoms with van der Waals surface area (Å²) in [5.41, 5.74) is 8.25. The van der Waals surface area contributed by atoms with Crippen molar-refractivity contribution in [1.29, 1.82) is 0 Å². The Morgan fingerprint density at radius 2 is 1.65 bits per heavy atom. The number of nitrogen functional groups attached to an aromatic ring is 1. The summed E-state index contributed by atoms with van der Waals surface area (Å²) in [5.74, 6) is -0.696. The predicted molar refractivity (Wildman–Crippen MR) is 77.6 cm³/mol. The van der Waals surface area contributed by atoms with Crippen LogP contribution in [0.15, 0.2) is 41.3 Å². The molecular weight excluding hydrogens is 277 g/mol. The van der Waals surface area contributed by atoms with Gasteiger partial charge in [0.05, 0.1) is 16.3 Å². The molecule has 0 bridgehead atoms. The molecule has 3 nitrogen and oxygen atoms in total. The molecule has 2 N–H and O–H groups in total. The number of halogens is 1. The number of aryl methyl sites for hydroxylation is 2. The quantitative estimate of drug-likeness (QED) is 0.699. The summed E-state index contributed by atoms with van der Waals surface area (Å²) >= 11 is 0. The standard InChI is InChI=1S/C15H16FNO2S/c1-10-5-11(2)7-12(6-10)9-20(18,19)15-4-3-13(16)8-14(15)17/h3-8H,9,17H2,1-2H3. The van der Waals surface area contributed by atoms with Gasteiger partial charge in [-0.15, -0.1) is 0 Å². The number of benzene rings is 2. The fraction of sp³-hybridized carbons (Fsp3) is 0.200. The summed E-state index contributed by atoms with van der Waals surface area (Å²) in [4.78, 5) is -0.0296. The van der Waals surface area contributed by atoms with Crippen LogP contribution in [0.3, 0.4) is 0 Å². The van der Waals surface area contributed by atoms with Crippen LogP contribution in [0, 0.1) is 19.7 Å². The first kappa shape index (κ1) is 14.5. The summed E-state index contributed by atoms with van der Waals surface area (Å²) in [6, 6.07) is 8.96. The fourth-order valence-electron chi connectivity index (χ4n) is 2.25. The molecule has 0 radical (unpaired) electrons. The fourth-order valence-corrected chi connectivity index (χ4v) is 3.71. The van der Waals surface area contributed by atoms with Crippen LogP contribution in [-0.2, 0) is 15.6 Å². The van der Waals surface area contributed by atoms with Crippen molar-refractivity contribution in [2.24, 2.45) is 0 Å². The Labute approximate surface area is 118 Å². The molecule has 0 spiro atoms. The van der Waals surface area contributed by atoms with E-state index in [1.165, 1.54) is 6.07 Å². The molecule has 0 atom stereocenters. The molecule has 0 amide bonds. The molecule has 0 saturated carbocycles. The molecule has 0 unspecified atom stereocenters. The summed E-state index contributed by atoms with van der Waals surface area (Å²) in [6.07, 6.45) is 0. The first-order chi connectivity index (χ1) is 9.28. The van der Waals surface area contributed by atoms with Crippen molar-refractivity contribution >= 4 is 15.5 Å². The van der Waals surface area contributed by atoms with Crippen molar-refractivity contribution < 1.29 is 12.8 Å². The largest absolute Gasteiger partial charge is 0.398 e. The van der Waals surface area contributed by atoms with Gasteiger partial charge < -0.3 is 5.73 Å². The molecular formula is C15H16FNO2S. The van der Waals surface area contributed by atoms with Gasteiger partial charge in [-0.2, -0.15) is 0 Å². The Hall–Kier alpha value is -1.88. The summed E-state index contributed by atoms with van der Waals surface area (Å²) in [5, 5.41) is 0. The molecule has 0 fully saturated rings. The number of anilines is 1. The van der Waals surface area contributed by atoms with Crippen LogP contribution < -0.4 is 5.73 Å². The first-order valence-electron chi connectivity index (χ1n) is 6.13. The topological polar surface area (TPSA) is 60.2 Å². The van der Waals surface area contributed by atoms with E-state index < -0.39 is 15.7 Å². The monoisotopic (exact) mass is 293 g/mol. The van der Waals surface area contributed by atoms with Crippen LogP contribution in [0.5, 0.6) is 0 Å². The minimum atomic E-state index is -3.59. The minimum absolute atomic E-state index is 0.0296. The van der Waals surface area contributed by atoms with Gasteiger partial charge in [0.1, 0.15) is 5.82 Å². The third-order valence-electron chi connectivity index (χ3n) is 2.95. The molecule has 0 aliphatic heterocycles. The molecule has 0 aliphatic rings. The van der Waals surface area contributed by atoms with Crippen LogP contribution in [0.25, 0.3) is 0 Å². The molecule has 2 aromatic rings. The van der Waals surface area contributed by atoms with Gasteiger partial charge in [0.15, 0.2) is 9.84 Å². The highest BCUT2D eigenvalue weighted by Crippen LogP contribution is 2.24. The third-order valence-corrected chi connectivity index (χ3v) is 4.70. The number of sulfone groups is 1. The Kier molecular flexibility index (Phi) is 3.81. The van der Waals surface area contributed by atoms with E-state index >= 15 is 0 Å². The maximum Gasteiger partial charge on any atom is 0.184 e. The van der Waals surface area contributed by atoms with Gasteiger partial charge in [-0.05, 0) is 37.6 Å². The van der Waals surface area contributed by atoms with Gasteiger partial charge in [0.25, 0.3) is 0 Å². The number of rotatable bonds is 3. The van der Waals surface area contributed by atoms with Crippen molar-refractivity contribution in [1.82, 2.24) is 0 Å². The second-order valence-corrected chi connectivity index (χ2v) is 6.90. The molecule has 0 aliphatic carbocycles. The Bertz CT molecular complexity index is 734. The van der Waals surface area contributed by atoms with Crippen LogP contribution in [0.1, 0.15) is 16.7 Å². The van der Waals surface area contributed by atoms with Gasteiger partial charge in [-0.25, -0.2) is 12.8 Å². The summed E-state index contributed by atoms with van der Waals surface area (Å²) in [7, 11) is -3.59. The molecule has 106 valence electrons. The number of hydrogen-bond donors (Lipinski definition) is 1. The van der Waals surface area contributed by atoms with E-state index in [1.807, 2.05) is 32.0 Å². The molecule has 20 heavy (non-hydrogen) atoms. The van der Waals surface area contributed by atoms with Gasteiger partial charge in [-0.1, -0.05) is 29.3 Å². The predicted octanol–water partition coefficient (Wildman–Crippen LogP) is 3.00. The van der Waals surface area contributed by atoms with Gasteiger partial charge in [0, 0.05) is 0 Å². The normalized spacial score (nSPS) is 11.6. The molecule has 5 heteroatoms. The summed E-state index contributed by atoms with van der Waals surface area (Å²) in [6.45, 7) is 3.82. The maximum atomic E-state index is 13.0. The molecule has 2 aromatic carbocycles. The van der Waals surface area contributed by atoms with E-state index in [1.54, 1.807) is 0 Å². The van der Waals surface area contributed by atoms with Gasteiger partial charge in [-0.3, -0.25) is 0 Å². The van der Waals surface area contributed by atoms with Crippen molar-refractivity contribution in [3.8, 4) is 0 Å². The Balaban J connectivity index is 2.40. The van der Waals surface area contributed by atoms with E-state index in [4.69, 9.17) is 5.73 Å². The zero-order valence-corrected chi connectivity index (χ0v) is 12.2. The molecule has 2 rings (SSSR count). The van der Waals surface area contributed by atoms with Crippen molar-refractivity contribution in [2.45, 2.75) is 24.5 Å². The highest BCUT2D eigenvalue weighted by atomic mass is 32.2. The Morgan fingerprint density at radius 1 is 1.05 bits per heavy atom. The second-order valence-electron chi connectivity index (χ2n) is 4.94. The average Bonchev–Trinajstić information content (AvgIpc) is 2.25. The lowest BCUT2D eigenvalue weighted by molar-refractivity contribution is 0.594. The Morgan fingerprint density at radius 3 is 2.20 bits per heavy atom. The number of hydrogen-bond acceptors (Lipinski definition) is 3. The zero-order chi connectivity index (χ0) is 14.9. The molecule has 0 heterocycles. The average molecular weight is 293 g/mol. The van der Waals surface area contributed by atoms with Crippen LogP contribution >= 0.6 is 0 Å². The molecule has 0 saturated heterocycles. The second kappa shape index (κ2) is 5.25. The van der Waals surface area contributed by atoms with E-state index in [2.05, 4.69) is 0 Å². The summed E-state index contributed by atoms with van der Waals surface area (Å²) < 4.78 is 37.7.